The highest BCUT2D eigenvalue weighted by atomic mass is 16.5. The van der Waals surface area contributed by atoms with Gasteiger partial charge in [-0.2, -0.15) is 0 Å². The maximum atomic E-state index is 13.2. The van der Waals surface area contributed by atoms with Crippen LogP contribution in [0.3, 0.4) is 0 Å². The summed E-state index contributed by atoms with van der Waals surface area (Å²) in [6.45, 7) is 5.65. The van der Waals surface area contributed by atoms with Crippen LogP contribution in [0, 0.1) is 6.92 Å². The van der Waals surface area contributed by atoms with Gasteiger partial charge < -0.3 is 4.74 Å². The van der Waals surface area contributed by atoms with Crippen LogP contribution in [0.5, 0.6) is 5.75 Å². The van der Waals surface area contributed by atoms with Crippen LogP contribution >= 0.6 is 0 Å². The fourth-order valence-electron chi connectivity index (χ4n) is 3.71. The van der Waals surface area contributed by atoms with Crippen LogP contribution in [0.25, 0.3) is 0 Å². The molecule has 3 aromatic rings. The molecule has 1 aliphatic rings. The molecule has 0 fully saturated rings. The molecule has 0 unspecified atom stereocenters. The van der Waals surface area contributed by atoms with Crippen molar-refractivity contribution in [3.05, 3.63) is 76.0 Å². The van der Waals surface area contributed by atoms with Crippen molar-refractivity contribution in [1.82, 2.24) is 19.4 Å². The number of rotatable bonds is 5. The molecule has 0 bridgehead atoms. The van der Waals surface area contributed by atoms with E-state index < -0.39 is 0 Å². The maximum absolute atomic E-state index is 13.2. The van der Waals surface area contributed by atoms with Crippen LogP contribution in [0.2, 0.25) is 0 Å². The number of anilines is 2. The van der Waals surface area contributed by atoms with Gasteiger partial charge in [-0.15, -0.1) is 0 Å². The smallest absolute Gasteiger partial charge is 0.259 e. The van der Waals surface area contributed by atoms with Gasteiger partial charge in [-0.1, -0.05) is 13.0 Å². The van der Waals surface area contributed by atoms with Crippen molar-refractivity contribution < 1.29 is 4.74 Å². The van der Waals surface area contributed by atoms with Gasteiger partial charge in [-0.25, -0.2) is 4.98 Å². The van der Waals surface area contributed by atoms with Crippen LogP contribution in [0.4, 0.5) is 11.6 Å². The first-order chi connectivity index (χ1) is 14.1. The Labute approximate surface area is 170 Å². The number of ether oxygens (including phenoxy) is 1. The second-order valence-corrected chi connectivity index (χ2v) is 7.12. The summed E-state index contributed by atoms with van der Waals surface area (Å²) in [6.07, 6.45) is 2.46. The molecular formula is C22H25N5O2. The number of nitrogens with zero attached hydrogens (tertiary/aromatic N) is 5. The maximum Gasteiger partial charge on any atom is 0.259 e. The second-order valence-electron chi connectivity index (χ2n) is 7.12. The number of pyridine rings is 1. The number of hydrogen-bond acceptors (Lipinski definition) is 6. The molecule has 0 saturated heterocycles. The molecule has 0 atom stereocenters. The Hall–Kier alpha value is -3.19. The quantitative estimate of drug-likeness (QED) is 0.666. The zero-order valence-corrected chi connectivity index (χ0v) is 17.0. The fourth-order valence-corrected chi connectivity index (χ4v) is 3.71. The summed E-state index contributed by atoms with van der Waals surface area (Å²) in [5.74, 6) is 1.46. The van der Waals surface area contributed by atoms with E-state index in [-0.39, 0.29) is 5.56 Å². The highest BCUT2D eigenvalue weighted by Crippen LogP contribution is 2.29. The summed E-state index contributed by atoms with van der Waals surface area (Å²) in [5, 5.41) is 0. The standard InChI is InChI=1S/C22H25N5O2/c1-4-20-16(2)24-22-26(18-8-10-19(29-3)11-9-18)14-25(15-27(22)21(20)28)13-17-7-5-6-12-23-17/h5-12H,4,13-15H2,1-3H3. The fraction of sp³-hybridized carbons (Fsp3) is 0.318. The van der Waals surface area contributed by atoms with E-state index in [1.54, 1.807) is 17.9 Å². The van der Waals surface area contributed by atoms with Gasteiger partial charge >= 0.3 is 0 Å². The van der Waals surface area contributed by atoms with Crippen LogP contribution < -0.4 is 15.2 Å². The lowest BCUT2D eigenvalue weighted by molar-refractivity contribution is 0.187. The predicted octanol–water partition coefficient (Wildman–Crippen LogP) is 3.09. The number of aromatic nitrogens is 3. The molecule has 0 saturated carbocycles. The summed E-state index contributed by atoms with van der Waals surface area (Å²) in [4.78, 5) is 26.7. The highest BCUT2D eigenvalue weighted by molar-refractivity contribution is 5.59. The number of aryl methyl sites for hydroxylation is 1. The van der Waals surface area contributed by atoms with Crippen molar-refractivity contribution in [2.75, 3.05) is 18.7 Å². The predicted molar refractivity (Wildman–Crippen MR) is 112 cm³/mol. The van der Waals surface area contributed by atoms with Crippen molar-refractivity contribution in [3.8, 4) is 5.75 Å². The van der Waals surface area contributed by atoms with Gasteiger partial charge in [0.1, 0.15) is 5.75 Å². The Kier molecular flexibility index (Phi) is 5.31. The van der Waals surface area contributed by atoms with Gasteiger partial charge in [-0.05, 0) is 49.7 Å². The van der Waals surface area contributed by atoms with E-state index in [1.807, 2.05) is 56.3 Å². The molecule has 1 aliphatic heterocycles. The topological polar surface area (TPSA) is 63.5 Å². The van der Waals surface area contributed by atoms with Crippen molar-refractivity contribution in [3.63, 3.8) is 0 Å². The molecular weight excluding hydrogens is 366 g/mol. The first-order valence-corrected chi connectivity index (χ1v) is 9.75. The Morgan fingerprint density at radius 1 is 1.10 bits per heavy atom. The number of methoxy groups -OCH3 is 1. The van der Waals surface area contributed by atoms with Crippen LogP contribution in [0.15, 0.2) is 53.5 Å². The Bertz CT molecular complexity index is 1050. The van der Waals surface area contributed by atoms with Crippen molar-refractivity contribution in [1.29, 1.82) is 0 Å². The Morgan fingerprint density at radius 3 is 2.55 bits per heavy atom. The molecule has 3 heterocycles. The van der Waals surface area contributed by atoms with Gasteiger partial charge in [-0.3, -0.25) is 24.1 Å². The molecule has 0 spiro atoms. The monoisotopic (exact) mass is 391 g/mol. The summed E-state index contributed by atoms with van der Waals surface area (Å²) >= 11 is 0. The minimum Gasteiger partial charge on any atom is -0.497 e. The molecule has 150 valence electrons. The SMILES string of the molecule is CCc1c(C)nc2n(c1=O)CN(Cc1ccccn1)CN2c1ccc(OC)cc1. The van der Waals surface area contributed by atoms with Gasteiger partial charge in [0, 0.05) is 29.7 Å². The molecule has 7 nitrogen and oxygen atoms in total. The van der Waals surface area contributed by atoms with Gasteiger partial charge in [0.15, 0.2) is 0 Å². The second kappa shape index (κ2) is 8.05. The minimum absolute atomic E-state index is 0.0271. The van der Waals surface area contributed by atoms with Crippen LogP contribution in [-0.2, 0) is 19.6 Å². The van der Waals surface area contributed by atoms with Gasteiger partial charge in [0.05, 0.1) is 26.1 Å². The van der Waals surface area contributed by atoms with E-state index in [1.165, 1.54) is 0 Å². The summed E-state index contributed by atoms with van der Waals surface area (Å²) in [6, 6.07) is 13.7. The number of fused-ring (bicyclic) bond motifs is 1. The van der Waals surface area contributed by atoms with E-state index >= 15 is 0 Å². The summed E-state index contributed by atoms with van der Waals surface area (Å²) in [5.41, 5.74) is 3.51. The lowest BCUT2D eigenvalue weighted by Gasteiger charge is -2.38. The van der Waals surface area contributed by atoms with E-state index in [2.05, 4.69) is 14.8 Å². The molecule has 0 N–H and O–H groups in total. The third-order valence-electron chi connectivity index (χ3n) is 5.22. The highest BCUT2D eigenvalue weighted by Gasteiger charge is 2.27. The summed E-state index contributed by atoms with van der Waals surface area (Å²) in [7, 11) is 1.65. The zero-order chi connectivity index (χ0) is 20.4. The van der Waals surface area contributed by atoms with E-state index in [0.29, 0.717) is 32.3 Å². The van der Waals surface area contributed by atoms with Gasteiger partial charge in [0.2, 0.25) is 5.95 Å². The minimum atomic E-state index is 0.0271. The Morgan fingerprint density at radius 2 is 1.90 bits per heavy atom. The third kappa shape index (κ3) is 3.73. The van der Waals surface area contributed by atoms with Gasteiger partial charge in [0.25, 0.3) is 5.56 Å². The number of benzene rings is 1. The van der Waals surface area contributed by atoms with Crippen LogP contribution in [0.1, 0.15) is 23.9 Å². The molecule has 1 aromatic carbocycles. The molecule has 0 radical (unpaired) electrons. The van der Waals surface area contributed by atoms with E-state index in [0.717, 1.165) is 28.4 Å². The number of hydrogen-bond donors (Lipinski definition) is 0. The lowest BCUT2D eigenvalue weighted by Crippen LogP contribution is -2.47. The van der Waals surface area contributed by atoms with Crippen molar-refractivity contribution >= 4 is 11.6 Å². The van der Waals surface area contributed by atoms with Crippen molar-refractivity contribution in [2.24, 2.45) is 0 Å². The molecule has 7 heteroatoms. The van der Waals surface area contributed by atoms with Crippen LogP contribution in [-0.4, -0.2) is 33.2 Å². The first kappa shape index (κ1) is 19.1. The molecule has 0 aliphatic carbocycles. The summed E-state index contributed by atoms with van der Waals surface area (Å²) < 4.78 is 7.05. The Balaban J connectivity index is 1.77. The third-order valence-corrected chi connectivity index (χ3v) is 5.22. The molecule has 0 amide bonds. The normalized spacial score (nSPS) is 14.0. The first-order valence-electron chi connectivity index (χ1n) is 9.75. The molecule has 2 aromatic heterocycles. The molecule has 4 rings (SSSR count). The van der Waals surface area contributed by atoms with Crippen molar-refractivity contribution in [2.45, 2.75) is 33.5 Å². The zero-order valence-electron chi connectivity index (χ0n) is 17.0. The van der Waals surface area contributed by atoms with E-state index in [4.69, 9.17) is 9.72 Å². The average Bonchev–Trinajstić information content (AvgIpc) is 2.75. The lowest BCUT2D eigenvalue weighted by atomic mass is 10.2. The molecule has 29 heavy (non-hydrogen) atoms. The van der Waals surface area contributed by atoms with E-state index in [9.17, 15) is 4.79 Å². The average molecular weight is 391 g/mol. The largest absolute Gasteiger partial charge is 0.497 e.